The highest BCUT2D eigenvalue weighted by molar-refractivity contribution is 7.13. The molecule has 3 heterocycles. The van der Waals surface area contributed by atoms with Gasteiger partial charge in [0.05, 0.1) is 23.7 Å². The molecule has 0 bridgehead atoms. The van der Waals surface area contributed by atoms with E-state index >= 15 is 0 Å². The van der Waals surface area contributed by atoms with E-state index in [1.54, 1.807) is 6.20 Å². The highest BCUT2D eigenvalue weighted by atomic mass is 32.1. The zero-order valence-corrected chi connectivity index (χ0v) is 17.9. The predicted octanol–water partition coefficient (Wildman–Crippen LogP) is 3.68. The van der Waals surface area contributed by atoms with E-state index in [9.17, 15) is 9.59 Å². The van der Waals surface area contributed by atoms with Crippen LogP contribution in [0.1, 0.15) is 51.1 Å². The van der Waals surface area contributed by atoms with Crippen molar-refractivity contribution in [2.45, 2.75) is 51.9 Å². The fraction of sp³-hybridized carbons (Fsp3) is 0.545. The summed E-state index contributed by atoms with van der Waals surface area (Å²) < 4.78 is 0. The van der Waals surface area contributed by atoms with Crippen molar-refractivity contribution >= 4 is 23.2 Å². The van der Waals surface area contributed by atoms with Crippen LogP contribution in [-0.2, 0) is 16.0 Å². The largest absolute Gasteiger partial charge is 0.356 e. The van der Waals surface area contributed by atoms with Crippen molar-refractivity contribution in [2.75, 3.05) is 19.6 Å². The first kappa shape index (κ1) is 21.4. The van der Waals surface area contributed by atoms with Gasteiger partial charge >= 0.3 is 0 Å². The molecule has 0 spiro atoms. The van der Waals surface area contributed by atoms with Crippen LogP contribution in [0.2, 0.25) is 0 Å². The molecular weight excluding hydrogens is 384 g/mol. The van der Waals surface area contributed by atoms with E-state index in [1.165, 1.54) is 24.2 Å². The lowest BCUT2D eigenvalue weighted by molar-refractivity contribution is -0.135. The Morgan fingerprint density at radius 1 is 1.28 bits per heavy atom. The molecule has 1 unspecified atom stereocenters. The van der Waals surface area contributed by atoms with E-state index in [0.29, 0.717) is 6.54 Å². The standard InChI is InChI=1S/C22H30N4O2S/c1-2-3-4-6-12-24-21(28)17-9-8-13-26(15-17)20(27)14-18-16-29-22(25-18)19-10-5-7-11-23-19/h5,7,10-11,16-17H,2-4,6,8-9,12-15H2,1H3,(H,24,28). The quantitative estimate of drug-likeness (QED) is 0.635. The zero-order chi connectivity index (χ0) is 20.5. The number of amides is 2. The molecule has 2 amide bonds. The molecule has 0 saturated carbocycles. The average Bonchev–Trinajstić information content (AvgIpc) is 3.22. The Bertz CT molecular complexity index is 793. The lowest BCUT2D eigenvalue weighted by Crippen LogP contribution is -2.46. The van der Waals surface area contributed by atoms with E-state index < -0.39 is 0 Å². The minimum Gasteiger partial charge on any atom is -0.356 e. The fourth-order valence-corrected chi connectivity index (χ4v) is 4.38. The van der Waals surface area contributed by atoms with E-state index in [4.69, 9.17) is 0 Å². The van der Waals surface area contributed by atoms with Crippen LogP contribution < -0.4 is 5.32 Å². The van der Waals surface area contributed by atoms with Crippen molar-refractivity contribution in [1.82, 2.24) is 20.2 Å². The molecule has 1 atom stereocenters. The highest BCUT2D eigenvalue weighted by Gasteiger charge is 2.28. The summed E-state index contributed by atoms with van der Waals surface area (Å²) in [5, 5.41) is 5.80. The number of hydrogen-bond acceptors (Lipinski definition) is 5. The second-order valence-electron chi connectivity index (χ2n) is 7.57. The SMILES string of the molecule is CCCCCCNC(=O)C1CCCN(C(=O)Cc2csc(-c3ccccn3)n2)C1. The number of hydrogen-bond donors (Lipinski definition) is 1. The van der Waals surface area contributed by atoms with E-state index in [1.807, 2.05) is 28.5 Å². The summed E-state index contributed by atoms with van der Waals surface area (Å²) in [4.78, 5) is 35.9. The molecule has 7 heteroatoms. The van der Waals surface area contributed by atoms with Crippen LogP contribution in [0.4, 0.5) is 0 Å². The van der Waals surface area contributed by atoms with Crippen LogP contribution in [-0.4, -0.2) is 46.3 Å². The molecule has 0 aromatic carbocycles. The normalized spacial score (nSPS) is 16.6. The van der Waals surface area contributed by atoms with Gasteiger partial charge in [-0.05, 0) is 31.4 Å². The first-order chi connectivity index (χ1) is 14.2. The van der Waals surface area contributed by atoms with Crippen molar-refractivity contribution in [3.8, 4) is 10.7 Å². The summed E-state index contributed by atoms with van der Waals surface area (Å²) in [6.45, 7) is 4.14. The molecule has 156 valence electrons. The van der Waals surface area contributed by atoms with Crippen LogP contribution in [0.25, 0.3) is 10.7 Å². The molecule has 2 aromatic heterocycles. The van der Waals surface area contributed by atoms with Gasteiger partial charge in [-0.15, -0.1) is 11.3 Å². The van der Waals surface area contributed by atoms with Crippen LogP contribution in [0.3, 0.4) is 0 Å². The van der Waals surface area contributed by atoms with Gasteiger partial charge in [0.1, 0.15) is 5.01 Å². The molecule has 0 radical (unpaired) electrons. The Morgan fingerprint density at radius 2 is 2.17 bits per heavy atom. The second-order valence-corrected chi connectivity index (χ2v) is 8.42. The number of aromatic nitrogens is 2. The predicted molar refractivity (Wildman–Crippen MR) is 116 cm³/mol. The minimum atomic E-state index is -0.0987. The van der Waals surface area contributed by atoms with Gasteiger partial charge in [-0.3, -0.25) is 14.6 Å². The Labute approximate surface area is 176 Å². The monoisotopic (exact) mass is 414 g/mol. The summed E-state index contributed by atoms with van der Waals surface area (Å²) in [6, 6.07) is 5.72. The topological polar surface area (TPSA) is 75.2 Å². The van der Waals surface area contributed by atoms with Gasteiger partial charge < -0.3 is 10.2 Å². The molecule has 1 N–H and O–H groups in total. The van der Waals surface area contributed by atoms with Crippen LogP contribution in [0, 0.1) is 5.92 Å². The van der Waals surface area contributed by atoms with Gasteiger partial charge in [0.25, 0.3) is 0 Å². The number of unbranched alkanes of at least 4 members (excludes halogenated alkanes) is 3. The van der Waals surface area contributed by atoms with Crippen LogP contribution in [0.5, 0.6) is 0 Å². The molecule has 1 saturated heterocycles. The lowest BCUT2D eigenvalue weighted by Gasteiger charge is -2.32. The number of piperidine rings is 1. The number of nitrogens with one attached hydrogen (secondary N) is 1. The van der Waals surface area contributed by atoms with Crippen molar-refractivity contribution < 1.29 is 9.59 Å². The van der Waals surface area contributed by atoms with Gasteiger partial charge in [-0.2, -0.15) is 0 Å². The van der Waals surface area contributed by atoms with Crippen molar-refractivity contribution in [2.24, 2.45) is 5.92 Å². The van der Waals surface area contributed by atoms with E-state index in [0.717, 1.165) is 55.2 Å². The van der Waals surface area contributed by atoms with Gasteiger partial charge in [-0.1, -0.05) is 32.3 Å². The molecule has 1 aliphatic heterocycles. The van der Waals surface area contributed by atoms with Gasteiger partial charge in [0, 0.05) is 31.2 Å². The smallest absolute Gasteiger partial charge is 0.228 e. The Kier molecular flexibility index (Phi) is 8.16. The summed E-state index contributed by atoms with van der Waals surface area (Å²) in [5.41, 5.74) is 1.59. The summed E-state index contributed by atoms with van der Waals surface area (Å²) in [5.74, 6) is 0.0341. The van der Waals surface area contributed by atoms with Crippen LogP contribution >= 0.6 is 11.3 Å². The first-order valence-corrected chi connectivity index (χ1v) is 11.5. The van der Waals surface area contributed by atoms with Gasteiger partial charge in [0.2, 0.25) is 11.8 Å². The third-order valence-electron chi connectivity index (χ3n) is 5.24. The summed E-state index contributed by atoms with van der Waals surface area (Å²) in [6.07, 6.45) is 8.31. The molecule has 6 nitrogen and oxygen atoms in total. The Hall–Kier alpha value is -2.28. The van der Waals surface area contributed by atoms with Crippen molar-refractivity contribution in [3.05, 3.63) is 35.5 Å². The van der Waals surface area contributed by atoms with Gasteiger partial charge in [-0.25, -0.2) is 4.98 Å². The number of carbonyl (C=O) groups is 2. The molecule has 1 fully saturated rings. The fourth-order valence-electron chi connectivity index (χ4n) is 3.59. The Balaban J connectivity index is 1.48. The molecular formula is C22H30N4O2S. The number of rotatable bonds is 9. The van der Waals surface area contributed by atoms with Gasteiger partial charge in [0.15, 0.2) is 0 Å². The average molecular weight is 415 g/mol. The van der Waals surface area contributed by atoms with Crippen molar-refractivity contribution in [1.29, 1.82) is 0 Å². The second kappa shape index (κ2) is 11.0. The maximum absolute atomic E-state index is 12.8. The lowest BCUT2D eigenvalue weighted by atomic mass is 9.96. The highest BCUT2D eigenvalue weighted by Crippen LogP contribution is 2.23. The summed E-state index contributed by atoms with van der Waals surface area (Å²) in [7, 11) is 0. The molecule has 0 aliphatic carbocycles. The Morgan fingerprint density at radius 3 is 2.97 bits per heavy atom. The van der Waals surface area contributed by atoms with E-state index in [-0.39, 0.29) is 24.2 Å². The number of likely N-dealkylation sites (tertiary alicyclic amines) is 1. The van der Waals surface area contributed by atoms with Crippen LogP contribution in [0.15, 0.2) is 29.8 Å². The molecule has 2 aromatic rings. The first-order valence-electron chi connectivity index (χ1n) is 10.6. The molecule has 1 aliphatic rings. The number of carbonyl (C=O) groups excluding carboxylic acids is 2. The third kappa shape index (κ3) is 6.35. The number of nitrogens with zero attached hydrogens (tertiary/aromatic N) is 3. The number of pyridine rings is 1. The van der Waals surface area contributed by atoms with Crippen molar-refractivity contribution in [3.63, 3.8) is 0 Å². The minimum absolute atomic E-state index is 0.0447. The number of thiazole rings is 1. The maximum atomic E-state index is 12.8. The van der Waals surface area contributed by atoms with E-state index in [2.05, 4.69) is 22.2 Å². The summed E-state index contributed by atoms with van der Waals surface area (Å²) >= 11 is 1.50. The zero-order valence-electron chi connectivity index (χ0n) is 17.1. The molecule has 29 heavy (non-hydrogen) atoms. The third-order valence-corrected chi connectivity index (χ3v) is 6.16. The molecule has 3 rings (SSSR count). The maximum Gasteiger partial charge on any atom is 0.228 e.